The second-order valence-corrected chi connectivity index (χ2v) is 6.77. The summed E-state index contributed by atoms with van der Waals surface area (Å²) in [6.45, 7) is 1.78. The molecule has 28 heavy (non-hydrogen) atoms. The number of benzene rings is 2. The lowest BCUT2D eigenvalue weighted by atomic mass is 10.1. The molecule has 4 rings (SSSR count). The summed E-state index contributed by atoms with van der Waals surface area (Å²) in [5.41, 5.74) is 0.680. The van der Waals surface area contributed by atoms with E-state index in [1.54, 1.807) is 53.2 Å². The Morgan fingerprint density at radius 2 is 1.32 bits per heavy atom. The highest BCUT2D eigenvalue weighted by Crippen LogP contribution is 2.17. The molecule has 2 aromatic carbocycles. The molecule has 7 nitrogen and oxygen atoms in total. The van der Waals surface area contributed by atoms with Crippen LogP contribution >= 0.6 is 0 Å². The summed E-state index contributed by atoms with van der Waals surface area (Å²) in [5.74, 6) is -0.253. The maximum Gasteiger partial charge on any atom is 0.275 e. The second-order valence-electron chi connectivity index (χ2n) is 6.77. The van der Waals surface area contributed by atoms with Crippen LogP contribution < -0.4 is 5.56 Å². The van der Waals surface area contributed by atoms with Gasteiger partial charge in [-0.15, -0.1) is 0 Å². The highest BCUT2D eigenvalue weighted by molar-refractivity contribution is 6.05. The smallest absolute Gasteiger partial charge is 0.275 e. The third-order valence-electron chi connectivity index (χ3n) is 5.03. The van der Waals surface area contributed by atoms with E-state index >= 15 is 0 Å². The topological polar surface area (TPSA) is 75.5 Å². The third kappa shape index (κ3) is 3.15. The standard InChI is InChI=1S/C21H20N4O3/c1-23-20(27)17-10-6-5-9-16(17)18(22-23)21(28)25-13-11-24(12-14-25)19(26)15-7-3-2-4-8-15/h2-10H,11-14H2,1H3. The van der Waals surface area contributed by atoms with Crippen LogP contribution in [0.2, 0.25) is 0 Å². The number of rotatable bonds is 2. The van der Waals surface area contributed by atoms with Crippen LogP contribution in [0.25, 0.3) is 10.8 Å². The lowest BCUT2D eigenvalue weighted by molar-refractivity contribution is 0.0532. The minimum absolute atomic E-state index is 0.0293. The molecule has 2 heterocycles. The molecule has 0 radical (unpaired) electrons. The normalized spacial score (nSPS) is 14.3. The molecule has 0 N–H and O–H groups in total. The summed E-state index contributed by atoms with van der Waals surface area (Å²) in [6.07, 6.45) is 0. The summed E-state index contributed by atoms with van der Waals surface area (Å²) < 4.78 is 1.20. The lowest BCUT2D eigenvalue weighted by Crippen LogP contribution is -2.51. The monoisotopic (exact) mass is 376 g/mol. The molecular formula is C21H20N4O3. The van der Waals surface area contributed by atoms with Crippen molar-refractivity contribution in [2.24, 2.45) is 7.05 Å². The van der Waals surface area contributed by atoms with Crippen molar-refractivity contribution in [2.75, 3.05) is 26.2 Å². The summed E-state index contributed by atoms with van der Waals surface area (Å²) in [5, 5.41) is 5.24. The van der Waals surface area contributed by atoms with Gasteiger partial charge in [0.1, 0.15) is 0 Å². The predicted molar refractivity (Wildman–Crippen MR) is 105 cm³/mol. The fourth-order valence-corrected chi connectivity index (χ4v) is 3.48. The molecule has 0 saturated carbocycles. The third-order valence-corrected chi connectivity index (χ3v) is 5.03. The minimum Gasteiger partial charge on any atom is -0.335 e. The van der Waals surface area contributed by atoms with E-state index in [1.807, 2.05) is 18.2 Å². The van der Waals surface area contributed by atoms with Gasteiger partial charge in [-0.25, -0.2) is 4.68 Å². The molecule has 1 aliphatic rings. The van der Waals surface area contributed by atoms with Crippen LogP contribution in [0, 0.1) is 0 Å². The van der Waals surface area contributed by atoms with Gasteiger partial charge >= 0.3 is 0 Å². The van der Waals surface area contributed by atoms with Crippen LogP contribution in [0.3, 0.4) is 0 Å². The Morgan fingerprint density at radius 3 is 1.96 bits per heavy atom. The van der Waals surface area contributed by atoms with Crippen LogP contribution in [-0.4, -0.2) is 57.6 Å². The first-order valence-electron chi connectivity index (χ1n) is 9.16. The van der Waals surface area contributed by atoms with Crippen molar-refractivity contribution >= 4 is 22.6 Å². The number of hydrogen-bond acceptors (Lipinski definition) is 4. The molecule has 0 bridgehead atoms. The van der Waals surface area contributed by atoms with Gasteiger partial charge in [0, 0.05) is 44.2 Å². The molecule has 0 aliphatic carbocycles. The summed E-state index contributed by atoms with van der Waals surface area (Å²) >= 11 is 0. The van der Waals surface area contributed by atoms with Gasteiger partial charge in [-0.05, 0) is 18.2 Å². The van der Waals surface area contributed by atoms with E-state index in [2.05, 4.69) is 5.10 Å². The van der Waals surface area contributed by atoms with E-state index < -0.39 is 0 Å². The first kappa shape index (κ1) is 17.9. The van der Waals surface area contributed by atoms with E-state index in [-0.39, 0.29) is 23.1 Å². The molecule has 1 fully saturated rings. The Morgan fingerprint density at radius 1 is 0.786 bits per heavy atom. The molecular weight excluding hydrogens is 356 g/mol. The number of hydrogen-bond donors (Lipinski definition) is 0. The van der Waals surface area contributed by atoms with Gasteiger partial charge < -0.3 is 9.80 Å². The predicted octanol–water partition coefficient (Wildman–Crippen LogP) is 1.53. The fourth-order valence-electron chi connectivity index (χ4n) is 3.48. The molecule has 3 aromatic rings. The van der Waals surface area contributed by atoms with Gasteiger partial charge in [-0.2, -0.15) is 5.10 Å². The van der Waals surface area contributed by atoms with E-state index in [9.17, 15) is 14.4 Å². The Bertz CT molecular complexity index is 1100. The number of fused-ring (bicyclic) bond motifs is 1. The molecule has 142 valence electrons. The van der Waals surface area contributed by atoms with Gasteiger partial charge in [0.25, 0.3) is 17.4 Å². The minimum atomic E-state index is -0.231. The van der Waals surface area contributed by atoms with Crippen molar-refractivity contribution in [1.29, 1.82) is 0 Å². The van der Waals surface area contributed by atoms with Crippen LogP contribution in [0.1, 0.15) is 20.8 Å². The van der Waals surface area contributed by atoms with Gasteiger partial charge in [0.15, 0.2) is 5.69 Å². The lowest BCUT2D eigenvalue weighted by Gasteiger charge is -2.34. The van der Waals surface area contributed by atoms with Crippen LogP contribution in [0.5, 0.6) is 0 Å². The van der Waals surface area contributed by atoms with Gasteiger partial charge in [0.05, 0.1) is 5.39 Å². The maximum atomic E-state index is 13.1. The van der Waals surface area contributed by atoms with Crippen molar-refractivity contribution < 1.29 is 9.59 Å². The first-order chi connectivity index (χ1) is 13.6. The van der Waals surface area contributed by atoms with E-state index in [4.69, 9.17) is 0 Å². The average Bonchev–Trinajstić information content (AvgIpc) is 2.76. The molecule has 1 aromatic heterocycles. The largest absolute Gasteiger partial charge is 0.335 e. The number of piperazine rings is 1. The van der Waals surface area contributed by atoms with Crippen LogP contribution in [0.15, 0.2) is 59.4 Å². The maximum absolute atomic E-state index is 13.1. The molecule has 1 saturated heterocycles. The van der Waals surface area contributed by atoms with Gasteiger partial charge in [-0.3, -0.25) is 14.4 Å². The van der Waals surface area contributed by atoms with Crippen molar-refractivity contribution in [1.82, 2.24) is 19.6 Å². The SMILES string of the molecule is Cn1nc(C(=O)N2CCN(C(=O)c3ccccc3)CC2)c2ccccc2c1=O. The number of carbonyl (C=O) groups excluding carboxylic acids is 2. The molecule has 0 unspecified atom stereocenters. The zero-order valence-electron chi connectivity index (χ0n) is 15.5. The van der Waals surface area contributed by atoms with Crippen LogP contribution in [-0.2, 0) is 7.05 Å². The number of aromatic nitrogens is 2. The Hall–Kier alpha value is -3.48. The van der Waals surface area contributed by atoms with Gasteiger partial charge in [0.2, 0.25) is 0 Å². The van der Waals surface area contributed by atoms with E-state index in [0.717, 1.165) is 0 Å². The van der Waals surface area contributed by atoms with Gasteiger partial charge in [-0.1, -0.05) is 36.4 Å². The zero-order valence-corrected chi connectivity index (χ0v) is 15.5. The molecule has 0 atom stereocenters. The molecule has 0 spiro atoms. The highest BCUT2D eigenvalue weighted by atomic mass is 16.2. The Labute approximate surface area is 161 Å². The Kier molecular flexibility index (Phi) is 4.65. The van der Waals surface area contributed by atoms with Crippen molar-refractivity contribution in [3.63, 3.8) is 0 Å². The number of amides is 2. The molecule has 7 heteroatoms. The first-order valence-corrected chi connectivity index (χ1v) is 9.16. The average molecular weight is 376 g/mol. The zero-order chi connectivity index (χ0) is 19.7. The number of aryl methyl sites for hydroxylation is 1. The second kappa shape index (κ2) is 7.26. The molecule has 1 aliphatic heterocycles. The van der Waals surface area contributed by atoms with Crippen molar-refractivity contribution in [3.05, 3.63) is 76.2 Å². The quantitative estimate of drug-likeness (QED) is 0.680. The van der Waals surface area contributed by atoms with E-state index in [0.29, 0.717) is 42.5 Å². The summed E-state index contributed by atoms with van der Waals surface area (Å²) in [7, 11) is 1.54. The fraction of sp³-hybridized carbons (Fsp3) is 0.238. The summed E-state index contributed by atoms with van der Waals surface area (Å²) in [6, 6.07) is 16.1. The highest BCUT2D eigenvalue weighted by Gasteiger charge is 2.27. The van der Waals surface area contributed by atoms with Crippen LogP contribution in [0.4, 0.5) is 0 Å². The summed E-state index contributed by atoms with van der Waals surface area (Å²) in [4.78, 5) is 41.4. The van der Waals surface area contributed by atoms with Crippen molar-refractivity contribution in [3.8, 4) is 0 Å². The Balaban J connectivity index is 1.54. The van der Waals surface area contributed by atoms with Crippen molar-refractivity contribution in [2.45, 2.75) is 0 Å². The molecule has 2 amide bonds. The number of nitrogens with zero attached hydrogens (tertiary/aromatic N) is 4. The van der Waals surface area contributed by atoms with E-state index in [1.165, 1.54) is 4.68 Å². The number of carbonyl (C=O) groups is 2.